The van der Waals surface area contributed by atoms with E-state index in [0.717, 1.165) is 25.2 Å². The Balaban J connectivity index is 2.22. The molecule has 1 fully saturated rings. The summed E-state index contributed by atoms with van der Waals surface area (Å²) >= 11 is 0. The first kappa shape index (κ1) is 12.6. The van der Waals surface area contributed by atoms with Gasteiger partial charge < -0.3 is 15.4 Å². The van der Waals surface area contributed by atoms with E-state index in [4.69, 9.17) is 10.5 Å². The predicted octanol–water partition coefficient (Wildman–Crippen LogP) is 1.53. The second-order valence-electron chi connectivity index (χ2n) is 4.46. The number of nitro groups is 1. The third kappa shape index (κ3) is 2.70. The van der Waals surface area contributed by atoms with Gasteiger partial charge in [0.1, 0.15) is 5.75 Å². The van der Waals surface area contributed by atoms with E-state index in [0.29, 0.717) is 12.4 Å². The number of rotatable bonds is 5. The lowest BCUT2D eigenvalue weighted by Gasteiger charge is -2.38. The topological polar surface area (TPSA) is 81.6 Å². The summed E-state index contributed by atoms with van der Waals surface area (Å²) in [5.74, 6) is 0.543. The molecule has 1 aliphatic heterocycles. The van der Waals surface area contributed by atoms with Gasteiger partial charge in [-0.25, -0.2) is 0 Å². The number of benzene rings is 1. The maximum absolute atomic E-state index is 10.9. The normalized spacial score (nSPS) is 15.3. The van der Waals surface area contributed by atoms with Crippen LogP contribution >= 0.6 is 0 Å². The first-order valence-electron chi connectivity index (χ1n) is 6.03. The Hall–Kier alpha value is -1.82. The van der Waals surface area contributed by atoms with E-state index in [1.807, 2.05) is 17.9 Å². The summed E-state index contributed by atoms with van der Waals surface area (Å²) in [7, 11) is 0. The van der Waals surface area contributed by atoms with Crippen molar-refractivity contribution in [2.45, 2.75) is 19.4 Å². The lowest BCUT2D eigenvalue weighted by Crippen LogP contribution is -2.55. The van der Waals surface area contributed by atoms with Crippen molar-refractivity contribution in [1.29, 1.82) is 0 Å². The smallest absolute Gasteiger partial charge is 0.275 e. The Kier molecular flexibility index (Phi) is 3.66. The summed E-state index contributed by atoms with van der Waals surface area (Å²) in [6.45, 7) is 4.01. The predicted molar refractivity (Wildman–Crippen MR) is 69.1 cm³/mol. The van der Waals surface area contributed by atoms with Crippen molar-refractivity contribution >= 4 is 11.4 Å². The molecule has 0 bridgehead atoms. The first-order chi connectivity index (χ1) is 8.60. The van der Waals surface area contributed by atoms with Crippen LogP contribution in [0.3, 0.4) is 0 Å². The summed E-state index contributed by atoms with van der Waals surface area (Å²) in [6.07, 6.45) is 0.868. The third-order valence-corrected chi connectivity index (χ3v) is 2.83. The van der Waals surface area contributed by atoms with Crippen LogP contribution in [0.5, 0.6) is 5.75 Å². The minimum absolute atomic E-state index is 0.0547. The monoisotopic (exact) mass is 251 g/mol. The van der Waals surface area contributed by atoms with E-state index in [-0.39, 0.29) is 11.7 Å². The van der Waals surface area contributed by atoms with Crippen molar-refractivity contribution in [3.8, 4) is 5.75 Å². The van der Waals surface area contributed by atoms with Crippen molar-refractivity contribution in [2.24, 2.45) is 5.73 Å². The minimum Gasteiger partial charge on any atom is -0.493 e. The number of ether oxygens (including phenoxy) is 1. The summed E-state index contributed by atoms with van der Waals surface area (Å²) in [4.78, 5) is 12.5. The second kappa shape index (κ2) is 5.22. The van der Waals surface area contributed by atoms with Gasteiger partial charge in [0, 0.05) is 37.0 Å². The average molecular weight is 251 g/mol. The van der Waals surface area contributed by atoms with Crippen molar-refractivity contribution < 1.29 is 9.66 Å². The molecule has 1 heterocycles. The van der Waals surface area contributed by atoms with Gasteiger partial charge >= 0.3 is 0 Å². The fourth-order valence-corrected chi connectivity index (χ4v) is 1.88. The molecule has 18 heavy (non-hydrogen) atoms. The van der Waals surface area contributed by atoms with Gasteiger partial charge in [-0.05, 0) is 6.42 Å². The molecule has 6 heteroatoms. The van der Waals surface area contributed by atoms with E-state index < -0.39 is 4.92 Å². The van der Waals surface area contributed by atoms with Gasteiger partial charge in [-0.3, -0.25) is 10.1 Å². The van der Waals surface area contributed by atoms with E-state index in [2.05, 4.69) is 0 Å². The van der Waals surface area contributed by atoms with Crippen LogP contribution in [0.1, 0.15) is 13.3 Å². The average Bonchev–Trinajstić information content (AvgIpc) is 2.32. The summed E-state index contributed by atoms with van der Waals surface area (Å²) < 4.78 is 5.47. The number of nitrogens with zero attached hydrogens (tertiary/aromatic N) is 2. The summed E-state index contributed by atoms with van der Waals surface area (Å²) in [5.41, 5.74) is 6.57. The SMILES string of the molecule is CCCOc1cc(N2CC(N)C2)cc([N+](=O)[O-])c1. The Labute approximate surface area is 105 Å². The largest absolute Gasteiger partial charge is 0.493 e. The Morgan fingerprint density at radius 3 is 2.78 bits per heavy atom. The Bertz CT molecular complexity index is 444. The first-order valence-corrected chi connectivity index (χ1v) is 6.03. The molecule has 0 saturated carbocycles. The van der Waals surface area contributed by atoms with Crippen molar-refractivity contribution in [3.63, 3.8) is 0 Å². The van der Waals surface area contributed by atoms with Gasteiger partial charge in [0.15, 0.2) is 0 Å². The molecule has 0 aliphatic carbocycles. The van der Waals surface area contributed by atoms with Gasteiger partial charge in [0.25, 0.3) is 5.69 Å². The number of hydrogen-bond acceptors (Lipinski definition) is 5. The van der Waals surface area contributed by atoms with Crippen LogP contribution in [0, 0.1) is 10.1 Å². The van der Waals surface area contributed by atoms with Crippen LogP contribution in [-0.2, 0) is 0 Å². The van der Waals surface area contributed by atoms with E-state index >= 15 is 0 Å². The van der Waals surface area contributed by atoms with Gasteiger partial charge in [-0.2, -0.15) is 0 Å². The number of anilines is 1. The quantitative estimate of drug-likeness (QED) is 0.634. The third-order valence-electron chi connectivity index (χ3n) is 2.83. The number of non-ortho nitro benzene ring substituents is 1. The molecule has 1 aromatic rings. The molecule has 2 N–H and O–H groups in total. The molecule has 0 aromatic heterocycles. The van der Waals surface area contributed by atoms with Gasteiger partial charge in [0.05, 0.1) is 17.6 Å². The van der Waals surface area contributed by atoms with Crippen LogP contribution in [0.2, 0.25) is 0 Å². The highest BCUT2D eigenvalue weighted by atomic mass is 16.6. The molecule has 1 aliphatic rings. The molecule has 0 radical (unpaired) electrons. The van der Waals surface area contributed by atoms with Gasteiger partial charge in [-0.15, -0.1) is 0 Å². The lowest BCUT2D eigenvalue weighted by atomic mass is 10.1. The number of hydrogen-bond donors (Lipinski definition) is 1. The molecule has 0 unspecified atom stereocenters. The maximum Gasteiger partial charge on any atom is 0.275 e. The maximum atomic E-state index is 10.9. The van der Waals surface area contributed by atoms with E-state index in [9.17, 15) is 10.1 Å². The van der Waals surface area contributed by atoms with E-state index in [1.54, 1.807) is 6.07 Å². The fraction of sp³-hybridized carbons (Fsp3) is 0.500. The summed E-state index contributed by atoms with van der Waals surface area (Å²) in [6, 6.07) is 5.00. The highest BCUT2D eigenvalue weighted by Gasteiger charge is 2.25. The standard InChI is InChI=1S/C12H17N3O3/c1-2-3-18-12-5-10(14-7-9(13)8-14)4-11(6-12)15(16)17/h4-6,9H,2-3,7-8,13H2,1H3. The molecular formula is C12H17N3O3. The molecule has 98 valence electrons. The number of nitro benzene ring substituents is 1. The zero-order valence-electron chi connectivity index (χ0n) is 10.3. The minimum atomic E-state index is -0.401. The van der Waals surface area contributed by atoms with Crippen molar-refractivity contribution in [2.75, 3.05) is 24.6 Å². The van der Waals surface area contributed by atoms with Crippen LogP contribution in [-0.4, -0.2) is 30.7 Å². The van der Waals surface area contributed by atoms with Crippen molar-refractivity contribution in [1.82, 2.24) is 0 Å². The lowest BCUT2D eigenvalue weighted by molar-refractivity contribution is -0.384. The Morgan fingerprint density at radius 2 is 2.22 bits per heavy atom. The van der Waals surface area contributed by atoms with Crippen LogP contribution < -0.4 is 15.4 Å². The zero-order valence-corrected chi connectivity index (χ0v) is 10.3. The molecule has 2 rings (SSSR count). The summed E-state index contributed by atoms with van der Waals surface area (Å²) in [5, 5.41) is 10.9. The van der Waals surface area contributed by atoms with Gasteiger partial charge in [0.2, 0.25) is 0 Å². The van der Waals surface area contributed by atoms with E-state index in [1.165, 1.54) is 6.07 Å². The fourth-order valence-electron chi connectivity index (χ4n) is 1.88. The zero-order chi connectivity index (χ0) is 13.1. The second-order valence-corrected chi connectivity index (χ2v) is 4.46. The molecule has 0 atom stereocenters. The number of nitrogens with two attached hydrogens (primary N) is 1. The molecule has 0 spiro atoms. The molecule has 1 saturated heterocycles. The molecule has 6 nitrogen and oxygen atoms in total. The van der Waals surface area contributed by atoms with Gasteiger partial charge in [-0.1, -0.05) is 6.92 Å². The highest BCUT2D eigenvalue weighted by Crippen LogP contribution is 2.30. The molecule has 1 aromatic carbocycles. The van der Waals surface area contributed by atoms with Crippen LogP contribution in [0.4, 0.5) is 11.4 Å². The molecule has 0 amide bonds. The Morgan fingerprint density at radius 1 is 1.50 bits per heavy atom. The van der Waals surface area contributed by atoms with Crippen molar-refractivity contribution in [3.05, 3.63) is 28.3 Å². The van der Waals surface area contributed by atoms with Crippen LogP contribution in [0.15, 0.2) is 18.2 Å². The highest BCUT2D eigenvalue weighted by molar-refractivity contribution is 5.59. The molecular weight excluding hydrogens is 234 g/mol. The van der Waals surface area contributed by atoms with Crippen LogP contribution in [0.25, 0.3) is 0 Å².